The number of ether oxygens (including phenoxy) is 1. The van der Waals surface area contributed by atoms with Crippen LogP contribution in [0, 0.1) is 0 Å². The second-order valence-corrected chi connectivity index (χ2v) is 3.23. The smallest absolute Gasteiger partial charge is 0.0951 e. The Morgan fingerprint density at radius 1 is 1.62 bits per heavy atom. The zero-order chi connectivity index (χ0) is 9.68. The maximum atomic E-state index is 5.33. The van der Waals surface area contributed by atoms with Gasteiger partial charge in [-0.25, -0.2) is 4.98 Å². The van der Waals surface area contributed by atoms with Crippen molar-refractivity contribution >= 4 is 0 Å². The minimum atomic E-state index is 0.430. The topological polar surface area (TPSA) is 53.1 Å². The molecule has 0 aliphatic rings. The van der Waals surface area contributed by atoms with Crippen LogP contribution in [0.5, 0.6) is 0 Å². The first-order valence-corrected chi connectivity index (χ1v) is 4.54. The third kappa shape index (κ3) is 2.82. The van der Waals surface area contributed by atoms with Gasteiger partial charge in [-0.05, 0) is 13.8 Å². The van der Waals surface area contributed by atoms with E-state index in [1.54, 1.807) is 0 Å². The highest BCUT2D eigenvalue weighted by Gasteiger charge is 2.04. The van der Waals surface area contributed by atoms with Crippen LogP contribution < -0.4 is 5.73 Å². The largest absolute Gasteiger partial charge is 0.374 e. The van der Waals surface area contributed by atoms with Gasteiger partial charge in [-0.1, -0.05) is 0 Å². The van der Waals surface area contributed by atoms with Crippen molar-refractivity contribution < 1.29 is 4.74 Å². The molecule has 2 N–H and O–H groups in total. The average molecular weight is 183 g/mol. The maximum absolute atomic E-state index is 5.33. The third-order valence-electron chi connectivity index (χ3n) is 1.81. The lowest BCUT2D eigenvalue weighted by atomic mass is 10.3. The lowest BCUT2D eigenvalue weighted by Crippen LogP contribution is -2.11. The van der Waals surface area contributed by atoms with E-state index in [-0.39, 0.29) is 0 Å². The molecular weight excluding hydrogens is 166 g/mol. The van der Waals surface area contributed by atoms with Gasteiger partial charge in [-0.3, -0.25) is 0 Å². The SMILES string of the molecule is CC(C)n1cncc1COCCN. The molecule has 0 radical (unpaired) electrons. The molecule has 0 aromatic carbocycles. The highest BCUT2D eigenvalue weighted by Crippen LogP contribution is 2.09. The molecule has 0 aliphatic carbocycles. The summed E-state index contributed by atoms with van der Waals surface area (Å²) in [7, 11) is 0. The van der Waals surface area contributed by atoms with Crippen molar-refractivity contribution in [2.24, 2.45) is 5.73 Å². The van der Waals surface area contributed by atoms with Crippen molar-refractivity contribution in [3.8, 4) is 0 Å². The van der Waals surface area contributed by atoms with E-state index in [1.165, 1.54) is 0 Å². The number of hydrogen-bond donors (Lipinski definition) is 1. The lowest BCUT2D eigenvalue weighted by molar-refractivity contribution is 0.122. The fourth-order valence-corrected chi connectivity index (χ4v) is 1.17. The fraction of sp³-hybridized carbons (Fsp3) is 0.667. The van der Waals surface area contributed by atoms with Gasteiger partial charge >= 0.3 is 0 Å². The minimum Gasteiger partial charge on any atom is -0.374 e. The standard InChI is InChI=1S/C9H17N3O/c1-8(2)12-7-11-5-9(12)6-13-4-3-10/h5,7-8H,3-4,6,10H2,1-2H3. The van der Waals surface area contributed by atoms with E-state index in [1.807, 2.05) is 12.5 Å². The molecule has 0 aliphatic heterocycles. The second-order valence-electron chi connectivity index (χ2n) is 3.23. The molecule has 1 aromatic heterocycles. The summed E-state index contributed by atoms with van der Waals surface area (Å²) < 4.78 is 7.43. The number of rotatable bonds is 5. The number of nitrogens with zero attached hydrogens (tertiary/aromatic N) is 2. The molecule has 0 atom stereocenters. The van der Waals surface area contributed by atoms with E-state index < -0.39 is 0 Å². The van der Waals surface area contributed by atoms with Crippen LogP contribution in [-0.2, 0) is 11.3 Å². The quantitative estimate of drug-likeness (QED) is 0.691. The van der Waals surface area contributed by atoms with E-state index in [2.05, 4.69) is 23.4 Å². The lowest BCUT2D eigenvalue weighted by Gasteiger charge is -2.11. The molecular formula is C9H17N3O. The summed E-state index contributed by atoms with van der Waals surface area (Å²) in [4.78, 5) is 4.07. The van der Waals surface area contributed by atoms with Crippen molar-refractivity contribution in [2.45, 2.75) is 26.5 Å². The second kappa shape index (κ2) is 4.99. The highest BCUT2D eigenvalue weighted by atomic mass is 16.5. The first kappa shape index (κ1) is 10.2. The summed E-state index contributed by atoms with van der Waals surface area (Å²) in [6.07, 6.45) is 3.66. The Balaban J connectivity index is 2.50. The van der Waals surface area contributed by atoms with E-state index >= 15 is 0 Å². The number of imidazole rings is 1. The summed E-state index contributed by atoms with van der Waals surface area (Å²) in [6, 6.07) is 0.430. The molecule has 1 heterocycles. The van der Waals surface area contributed by atoms with Crippen molar-refractivity contribution in [1.82, 2.24) is 9.55 Å². The normalized spacial score (nSPS) is 11.1. The molecule has 0 spiro atoms. The highest BCUT2D eigenvalue weighted by molar-refractivity contribution is 4.97. The Morgan fingerprint density at radius 3 is 3.00 bits per heavy atom. The van der Waals surface area contributed by atoms with Gasteiger partial charge in [0.2, 0.25) is 0 Å². The van der Waals surface area contributed by atoms with Gasteiger partial charge in [0, 0.05) is 12.6 Å². The van der Waals surface area contributed by atoms with Gasteiger partial charge in [0.05, 0.1) is 31.4 Å². The Labute approximate surface area is 78.7 Å². The van der Waals surface area contributed by atoms with Gasteiger partial charge in [0.25, 0.3) is 0 Å². The van der Waals surface area contributed by atoms with Crippen LogP contribution in [0.15, 0.2) is 12.5 Å². The van der Waals surface area contributed by atoms with Crippen molar-refractivity contribution in [3.05, 3.63) is 18.2 Å². The van der Waals surface area contributed by atoms with Crippen LogP contribution in [-0.4, -0.2) is 22.7 Å². The summed E-state index contributed by atoms with van der Waals surface area (Å²) >= 11 is 0. The van der Waals surface area contributed by atoms with Gasteiger partial charge in [-0.15, -0.1) is 0 Å². The molecule has 0 bridgehead atoms. The van der Waals surface area contributed by atoms with Crippen molar-refractivity contribution in [1.29, 1.82) is 0 Å². The molecule has 0 amide bonds. The summed E-state index contributed by atoms with van der Waals surface area (Å²) in [5.41, 5.74) is 6.42. The summed E-state index contributed by atoms with van der Waals surface area (Å²) in [6.45, 7) is 6.00. The van der Waals surface area contributed by atoms with E-state index in [0.29, 0.717) is 25.8 Å². The van der Waals surface area contributed by atoms with E-state index in [9.17, 15) is 0 Å². The fourth-order valence-electron chi connectivity index (χ4n) is 1.17. The first-order chi connectivity index (χ1) is 6.25. The first-order valence-electron chi connectivity index (χ1n) is 4.54. The predicted molar refractivity (Wildman–Crippen MR) is 51.3 cm³/mol. The van der Waals surface area contributed by atoms with Crippen LogP contribution in [0.1, 0.15) is 25.6 Å². The summed E-state index contributed by atoms with van der Waals surface area (Å²) in [5.74, 6) is 0. The van der Waals surface area contributed by atoms with Crippen LogP contribution in [0.4, 0.5) is 0 Å². The van der Waals surface area contributed by atoms with Gasteiger partial charge < -0.3 is 15.0 Å². The predicted octanol–water partition coefficient (Wildman–Crippen LogP) is 0.939. The van der Waals surface area contributed by atoms with Crippen LogP contribution in [0.3, 0.4) is 0 Å². The van der Waals surface area contributed by atoms with Gasteiger partial charge in [0.15, 0.2) is 0 Å². The molecule has 0 unspecified atom stereocenters. The minimum absolute atomic E-state index is 0.430. The molecule has 1 rings (SSSR count). The Bertz CT molecular complexity index is 245. The van der Waals surface area contributed by atoms with Crippen LogP contribution in [0.25, 0.3) is 0 Å². The maximum Gasteiger partial charge on any atom is 0.0951 e. The summed E-state index contributed by atoms with van der Waals surface area (Å²) in [5, 5.41) is 0. The molecule has 13 heavy (non-hydrogen) atoms. The molecule has 74 valence electrons. The average Bonchev–Trinajstić information content (AvgIpc) is 2.53. The molecule has 1 aromatic rings. The van der Waals surface area contributed by atoms with E-state index in [0.717, 1.165) is 5.69 Å². The van der Waals surface area contributed by atoms with Gasteiger partial charge in [-0.2, -0.15) is 0 Å². The Hall–Kier alpha value is -0.870. The zero-order valence-electron chi connectivity index (χ0n) is 8.23. The molecule has 4 heteroatoms. The number of hydrogen-bond acceptors (Lipinski definition) is 3. The molecule has 0 saturated heterocycles. The Kier molecular flexibility index (Phi) is 3.92. The number of aromatic nitrogens is 2. The van der Waals surface area contributed by atoms with Crippen molar-refractivity contribution in [2.75, 3.05) is 13.2 Å². The third-order valence-corrected chi connectivity index (χ3v) is 1.81. The van der Waals surface area contributed by atoms with Crippen LogP contribution >= 0.6 is 0 Å². The molecule has 4 nitrogen and oxygen atoms in total. The van der Waals surface area contributed by atoms with Crippen molar-refractivity contribution in [3.63, 3.8) is 0 Å². The number of nitrogens with two attached hydrogens (primary N) is 1. The van der Waals surface area contributed by atoms with E-state index in [4.69, 9.17) is 10.5 Å². The van der Waals surface area contributed by atoms with Crippen LogP contribution in [0.2, 0.25) is 0 Å². The Morgan fingerprint density at radius 2 is 2.38 bits per heavy atom. The molecule has 0 saturated carbocycles. The van der Waals surface area contributed by atoms with Gasteiger partial charge in [0.1, 0.15) is 0 Å². The zero-order valence-corrected chi connectivity index (χ0v) is 8.23. The molecule has 0 fully saturated rings. The monoisotopic (exact) mass is 183 g/mol.